The molecule has 0 fully saturated rings. The molecule has 4 rings (SSSR count). The van der Waals surface area contributed by atoms with Crippen LogP contribution in [0.4, 0.5) is 4.39 Å². The first-order valence-electron chi connectivity index (χ1n) is 7.43. The molecular weight excluding hydrogens is 361 g/mol. The van der Waals surface area contributed by atoms with Crippen LogP contribution in [-0.4, -0.2) is 15.0 Å². The van der Waals surface area contributed by atoms with Crippen molar-refractivity contribution in [3.63, 3.8) is 0 Å². The fraction of sp³-hybridized carbons (Fsp3) is 0.0556. The van der Waals surface area contributed by atoms with E-state index in [0.717, 1.165) is 16.0 Å². The number of fused-ring (bicyclic) bond motifs is 1. The van der Waals surface area contributed by atoms with Crippen LogP contribution in [0.3, 0.4) is 0 Å². The minimum absolute atomic E-state index is 0.247. The van der Waals surface area contributed by atoms with Gasteiger partial charge in [0.2, 0.25) is 0 Å². The predicted molar refractivity (Wildman–Crippen MR) is 98.6 cm³/mol. The monoisotopic (exact) mass is 371 g/mol. The molecule has 4 nitrogen and oxygen atoms in total. The maximum absolute atomic E-state index is 13.2. The number of nitrogens with one attached hydrogen (secondary N) is 1. The van der Waals surface area contributed by atoms with E-state index in [1.54, 1.807) is 24.4 Å². The van der Waals surface area contributed by atoms with Crippen molar-refractivity contribution in [2.45, 2.75) is 6.92 Å². The standard InChI is InChI=1S/C18H11ClFN3OS/c1-9-14(10-2-4-13(20)5-3-10)15-17(24)22-16(23-18(15)25-9)11-6-12(19)8-21-7-11/h2-8H,1H3,(H,22,23,24). The molecule has 1 N–H and O–H groups in total. The van der Waals surface area contributed by atoms with Gasteiger partial charge in [0.15, 0.2) is 0 Å². The maximum Gasteiger partial charge on any atom is 0.260 e. The van der Waals surface area contributed by atoms with Gasteiger partial charge in [-0.15, -0.1) is 11.3 Å². The smallest absolute Gasteiger partial charge is 0.260 e. The molecule has 3 heterocycles. The summed E-state index contributed by atoms with van der Waals surface area (Å²) in [6, 6.07) is 7.79. The van der Waals surface area contributed by atoms with E-state index in [1.807, 2.05) is 6.92 Å². The highest BCUT2D eigenvalue weighted by atomic mass is 35.5. The molecule has 0 atom stereocenters. The highest BCUT2D eigenvalue weighted by Gasteiger charge is 2.17. The number of rotatable bonds is 2. The molecule has 124 valence electrons. The Morgan fingerprint density at radius 1 is 1.16 bits per heavy atom. The van der Waals surface area contributed by atoms with Crippen LogP contribution in [0.15, 0.2) is 47.5 Å². The van der Waals surface area contributed by atoms with Gasteiger partial charge in [0, 0.05) is 28.4 Å². The fourth-order valence-corrected chi connectivity index (χ4v) is 3.98. The van der Waals surface area contributed by atoms with Crippen molar-refractivity contribution in [3.8, 4) is 22.5 Å². The number of aryl methyl sites for hydroxylation is 1. The van der Waals surface area contributed by atoms with Crippen molar-refractivity contribution in [2.75, 3.05) is 0 Å². The Bertz CT molecular complexity index is 1150. The molecule has 25 heavy (non-hydrogen) atoms. The topological polar surface area (TPSA) is 58.6 Å². The highest BCUT2D eigenvalue weighted by molar-refractivity contribution is 7.19. The van der Waals surface area contributed by atoms with Gasteiger partial charge in [0.05, 0.1) is 10.4 Å². The van der Waals surface area contributed by atoms with E-state index >= 15 is 0 Å². The Labute approximate surface area is 151 Å². The van der Waals surface area contributed by atoms with Crippen LogP contribution >= 0.6 is 22.9 Å². The average Bonchev–Trinajstić information content (AvgIpc) is 2.92. The van der Waals surface area contributed by atoms with Crippen LogP contribution < -0.4 is 5.56 Å². The molecule has 1 aromatic carbocycles. The van der Waals surface area contributed by atoms with E-state index in [2.05, 4.69) is 15.0 Å². The summed E-state index contributed by atoms with van der Waals surface area (Å²) in [6.45, 7) is 1.92. The van der Waals surface area contributed by atoms with Gasteiger partial charge in [-0.1, -0.05) is 23.7 Å². The normalized spacial score (nSPS) is 11.2. The second kappa shape index (κ2) is 6.06. The van der Waals surface area contributed by atoms with Gasteiger partial charge in [-0.3, -0.25) is 9.78 Å². The summed E-state index contributed by atoms with van der Waals surface area (Å²) in [5.41, 5.74) is 1.96. The number of nitrogens with zero attached hydrogens (tertiary/aromatic N) is 2. The van der Waals surface area contributed by atoms with E-state index in [0.29, 0.717) is 26.6 Å². The number of halogens is 2. The van der Waals surface area contributed by atoms with Crippen molar-refractivity contribution < 1.29 is 4.39 Å². The number of thiophene rings is 1. The lowest BCUT2D eigenvalue weighted by Gasteiger charge is -2.03. The van der Waals surface area contributed by atoms with Crippen LogP contribution in [0.5, 0.6) is 0 Å². The van der Waals surface area contributed by atoms with Crippen molar-refractivity contribution in [1.29, 1.82) is 0 Å². The number of benzene rings is 1. The fourth-order valence-electron chi connectivity index (χ4n) is 2.76. The molecule has 7 heteroatoms. The first-order valence-corrected chi connectivity index (χ1v) is 8.62. The van der Waals surface area contributed by atoms with Crippen LogP contribution in [0, 0.1) is 12.7 Å². The number of hydrogen-bond donors (Lipinski definition) is 1. The second-order valence-corrected chi connectivity index (χ2v) is 7.17. The first kappa shape index (κ1) is 15.9. The number of aromatic nitrogens is 3. The number of pyridine rings is 1. The molecular formula is C18H11ClFN3OS. The maximum atomic E-state index is 13.2. The van der Waals surface area contributed by atoms with Gasteiger partial charge >= 0.3 is 0 Å². The molecule has 0 amide bonds. The zero-order valence-electron chi connectivity index (χ0n) is 13.0. The van der Waals surface area contributed by atoms with E-state index in [4.69, 9.17) is 11.6 Å². The van der Waals surface area contributed by atoms with Crippen molar-refractivity contribution in [2.24, 2.45) is 0 Å². The number of H-pyrrole nitrogens is 1. The molecule has 4 aromatic rings. The van der Waals surface area contributed by atoms with Crippen molar-refractivity contribution in [3.05, 3.63) is 68.8 Å². The number of aromatic amines is 1. The summed E-state index contributed by atoms with van der Waals surface area (Å²) >= 11 is 7.39. The molecule has 0 spiro atoms. The zero-order chi connectivity index (χ0) is 17.6. The van der Waals surface area contributed by atoms with Gasteiger partial charge in [0.1, 0.15) is 16.5 Å². The van der Waals surface area contributed by atoms with Crippen LogP contribution in [0.25, 0.3) is 32.7 Å². The third-order valence-electron chi connectivity index (χ3n) is 3.85. The molecule has 3 aromatic heterocycles. The Kier molecular flexibility index (Phi) is 3.86. The van der Waals surface area contributed by atoms with Gasteiger partial charge in [-0.25, -0.2) is 9.37 Å². The zero-order valence-corrected chi connectivity index (χ0v) is 14.6. The van der Waals surface area contributed by atoms with E-state index in [9.17, 15) is 9.18 Å². The summed E-state index contributed by atoms with van der Waals surface area (Å²) < 4.78 is 13.2. The van der Waals surface area contributed by atoms with Crippen LogP contribution in [0.2, 0.25) is 5.02 Å². The summed E-state index contributed by atoms with van der Waals surface area (Å²) in [5.74, 6) is 0.100. The number of hydrogen-bond acceptors (Lipinski definition) is 4. The Balaban J connectivity index is 1.95. The SMILES string of the molecule is Cc1sc2nc(-c3cncc(Cl)c3)[nH]c(=O)c2c1-c1ccc(F)cc1. The van der Waals surface area contributed by atoms with E-state index < -0.39 is 0 Å². The van der Waals surface area contributed by atoms with Gasteiger partial charge in [-0.2, -0.15) is 0 Å². The Hall–Kier alpha value is -2.57. The van der Waals surface area contributed by atoms with Crippen molar-refractivity contribution >= 4 is 33.2 Å². The van der Waals surface area contributed by atoms with Crippen LogP contribution in [0.1, 0.15) is 4.88 Å². The van der Waals surface area contributed by atoms with Crippen molar-refractivity contribution in [1.82, 2.24) is 15.0 Å². The molecule has 0 unspecified atom stereocenters. The van der Waals surface area contributed by atoms with Gasteiger partial charge in [0.25, 0.3) is 5.56 Å². The molecule has 0 bridgehead atoms. The highest BCUT2D eigenvalue weighted by Crippen LogP contribution is 2.36. The predicted octanol–water partition coefficient (Wildman–Crippen LogP) is 4.81. The largest absolute Gasteiger partial charge is 0.306 e. The summed E-state index contributed by atoms with van der Waals surface area (Å²) in [6.07, 6.45) is 3.11. The van der Waals surface area contributed by atoms with Crippen LogP contribution in [-0.2, 0) is 0 Å². The molecule has 0 saturated heterocycles. The third kappa shape index (κ3) is 2.83. The Morgan fingerprint density at radius 3 is 2.64 bits per heavy atom. The molecule has 0 radical (unpaired) electrons. The minimum atomic E-state index is -0.316. The molecule has 0 saturated carbocycles. The van der Waals surface area contributed by atoms with E-state index in [-0.39, 0.29) is 11.4 Å². The van der Waals surface area contributed by atoms with E-state index in [1.165, 1.54) is 29.7 Å². The molecule has 0 aliphatic heterocycles. The first-order chi connectivity index (χ1) is 12.0. The van der Waals surface area contributed by atoms with Gasteiger partial charge < -0.3 is 4.98 Å². The summed E-state index contributed by atoms with van der Waals surface area (Å²) in [4.78, 5) is 25.7. The molecule has 0 aliphatic rings. The average molecular weight is 372 g/mol. The summed E-state index contributed by atoms with van der Waals surface area (Å²) in [7, 11) is 0. The third-order valence-corrected chi connectivity index (χ3v) is 5.06. The lowest BCUT2D eigenvalue weighted by atomic mass is 10.0. The summed E-state index contributed by atoms with van der Waals surface area (Å²) in [5, 5.41) is 0.974. The minimum Gasteiger partial charge on any atom is -0.306 e. The lowest BCUT2D eigenvalue weighted by Crippen LogP contribution is -2.09. The quantitative estimate of drug-likeness (QED) is 0.549. The lowest BCUT2D eigenvalue weighted by molar-refractivity contribution is 0.628. The molecule has 0 aliphatic carbocycles. The Morgan fingerprint density at radius 2 is 1.92 bits per heavy atom. The van der Waals surface area contributed by atoms with Gasteiger partial charge in [-0.05, 0) is 30.7 Å². The second-order valence-electron chi connectivity index (χ2n) is 5.53.